The summed E-state index contributed by atoms with van der Waals surface area (Å²) >= 11 is 0. The van der Waals surface area contributed by atoms with Crippen LogP contribution in [0.4, 0.5) is 5.69 Å². The van der Waals surface area contributed by atoms with E-state index in [1.807, 2.05) is 6.07 Å². The van der Waals surface area contributed by atoms with Crippen LogP contribution in [0, 0.1) is 0 Å². The van der Waals surface area contributed by atoms with Gasteiger partial charge in [-0.3, -0.25) is 0 Å². The number of nitrogens with one attached hydrogen (secondary N) is 1. The fourth-order valence-corrected chi connectivity index (χ4v) is 3.01. The second-order valence-corrected chi connectivity index (χ2v) is 6.05. The molecule has 0 radical (unpaired) electrons. The number of anilines is 1. The minimum Gasteiger partial charge on any atom is -0.399 e. The van der Waals surface area contributed by atoms with E-state index < -0.39 is 16.1 Å². The molecule has 106 valence electrons. The van der Waals surface area contributed by atoms with Crippen LogP contribution in [0.15, 0.2) is 59.5 Å². The standard InChI is InChI=1S/C14H16N2O3S/c15-12-6-8-13(9-7-12)20(18,19)16-14(10-17)11-4-2-1-3-5-11/h1-9,14,16-17H,10,15H2/t14-/m0/s1. The summed E-state index contributed by atoms with van der Waals surface area (Å²) in [5, 5.41) is 9.39. The first-order valence-electron chi connectivity index (χ1n) is 6.06. The maximum atomic E-state index is 12.2. The summed E-state index contributed by atoms with van der Waals surface area (Å²) in [6.07, 6.45) is 0. The van der Waals surface area contributed by atoms with Gasteiger partial charge in [0.25, 0.3) is 0 Å². The summed E-state index contributed by atoms with van der Waals surface area (Å²) in [7, 11) is -3.70. The van der Waals surface area contributed by atoms with Crippen molar-refractivity contribution in [3.63, 3.8) is 0 Å². The highest BCUT2D eigenvalue weighted by atomic mass is 32.2. The van der Waals surface area contributed by atoms with E-state index in [1.54, 1.807) is 24.3 Å². The Hall–Kier alpha value is -1.89. The number of nitrogens with two attached hydrogens (primary N) is 1. The highest BCUT2D eigenvalue weighted by Crippen LogP contribution is 2.17. The number of nitrogen functional groups attached to an aromatic ring is 1. The van der Waals surface area contributed by atoms with E-state index in [4.69, 9.17) is 5.73 Å². The van der Waals surface area contributed by atoms with E-state index >= 15 is 0 Å². The molecule has 0 spiro atoms. The summed E-state index contributed by atoms with van der Waals surface area (Å²) in [4.78, 5) is 0.112. The van der Waals surface area contributed by atoms with E-state index in [1.165, 1.54) is 24.3 Å². The lowest BCUT2D eigenvalue weighted by Gasteiger charge is -2.17. The third-order valence-electron chi connectivity index (χ3n) is 2.87. The predicted molar refractivity (Wildman–Crippen MR) is 77.4 cm³/mol. The van der Waals surface area contributed by atoms with E-state index in [2.05, 4.69) is 4.72 Å². The van der Waals surface area contributed by atoms with Crippen LogP contribution in [-0.2, 0) is 10.0 Å². The summed E-state index contributed by atoms with van der Waals surface area (Å²) in [5.41, 5.74) is 6.73. The highest BCUT2D eigenvalue weighted by Gasteiger charge is 2.20. The largest absolute Gasteiger partial charge is 0.399 e. The molecule has 0 heterocycles. The van der Waals surface area contributed by atoms with Crippen LogP contribution < -0.4 is 10.5 Å². The molecular weight excluding hydrogens is 276 g/mol. The lowest BCUT2D eigenvalue weighted by atomic mass is 10.1. The smallest absolute Gasteiger partial charge is 0.241 e. The average Bonchev–Trinajstić information content (AvgIpc) is 2.46. The van der Waals surface area contributed by atoms with E-state index in [9.17, 15) is 13.5 Å². The molecular formula is C14H16N2O3S. The first kappa shape index (κ1) is 14.5. The molecule has 0 aromatic heterocycles. The third-order valence-corrected chi connectivity index (χ3v) is 4.36. The molecule has 0 saturated carbocycles. The van der Waals surface area contributed by atoms with Gasteiger partial charge in [0.1, 0.15) is 0 Å². The lowest BCUT2D eigenvalue weighted by molar-refractivity contribution is 0.259. The molecule has 0 amide bonds. The van der Waals surface area contributed by atoms with Gasteiger partial charge in [0, 0.05) is 5.69 Å². The van der Waals surface area contributed by atoms with Crippen LogP contribution in [-0.4, -0.2) is 20.1 Å². The van der Waals surface area contributed by atoms with Gasteiger partial charge < -0.3 is 10.8 Å². The molecule has 0 saturated heterocycles. The second-order valence-electron chi connectivity index (χ2n) is 4.34. The van der Waals surface area contributed by atoms with Crippen molar-refractivity contribution in [3.8, 4) is 0 Å². The Morgan fingerprint density at radius 2 is 1.65 bits per heavy atom. The Kier molecular flexibility index (Phi) is 4.39. The molecule has 5 nitrogen and oxygen atoms in total. The van der Waals surface area contributed by atoms with E-state index in [0.717, 1.165) is 0 Å². The number of rotatable bonds is 5. The van der Waals surface area contributed by atoms with Crippen molar-refractivity contribution < 1.29 is 13.5 Å². The fourth-order valence-electron chi connectivity index (χ4n) is 1.80. The van der Waals surface area contributed by atoms with Crippen LogP contribution in [0.25, 0.3) is 0 Å². The van der Waals surface area contributed by atoms with Crippen molar-refractivity contribution in [2.75, 3.05) is 12.3 Å². The molecule has 0 aliphatic heterocycles. The number of hydrogen-bond donors (Lipinski definition) is 3. The molecule has 20 heavy (non-hydrogen) atoms. The van der Waals surface area contributed by atoms with Crippen LogP contribution in [0.1, 0.15) is 11.6 Å². The van der Waals surface area contributed by atoms with Crippen LogP contribution in [0.3, 0.4) is 0 Å². The molecule has 2 rings (SSSR count). The van der Waals surface area contributed by atoms with Gasteiger partial charge in [-0.2, -0.15) is 0 Å². The molecule has 2 aromatic carbocycles. The van der Waals surface area contributed by atoms with Gasteiger partial charge in [0.05, 0.1) is 17.5 Å². The molecule has 0 bridgehead atoms. The lowest BCUT2D eigenvalue weighted by Crippen LogP contribution is -2.30. The third kappa shape index (κ3) is 3.36. The summed E-state index contributed by atoms with van der Waals surface area (Å²) in [6.45, 7) is -0.321. The first-order chi connectivity index (χ1) is 9.53. The van der Waals surface area contributed by atoms with Crippen molar-refractivity contribution in [3.05, 3.63) is 60.2 Å². The Bertz CT molecular complexity index is 655. The molecule has 6 heteroatoms. The zero-order valence-corrected chi connectivity index (χ0v) is 11.5. The zero-order chi connectivity index (χ0) is 14.6. The quantitative estimate of drug-likeness (QED) is 0.724. The predicted octanol–water partition coefficient (Wildman–Crippen LogP) is 1.28. The Morgan fingerprint density at radius 3 is 2.20 bits per heavy atom. The van der Waals surface area contributed by atoms with Crippen molar-refractivity contribution in [2.45, 2.75) is 10.9 Å². The van der Waals surface area contributed by atoms with Crippen molar-refractivity contribution >= 4 is 15.7 Å². The second kappa shape index (κ2) is 6.04. The number of benzene rings is 2. The van der Waals surface area contributed by atoms with Gasteiger partial charge in [-0.25, -0.2) is 13.1 Å². The molecule has 4 N–H and O–H groups in total. The monoisotopic (exact) mass is 292 g/mol. The van der Waals surface area contributed by atoms with Crippen molar-refractivity contribution in [1.82, 2.24) is 4.72 Å². The van der Waals surface area contributed by atoms with Crippen molar-refractivity contribution in [2.24, 2.45) is 0 Å². The van der Waals surface area contributed by atoms with Gasteiger partial charge in [-0.1, -0.05) is 30.3 Å². The fraction of sp³-hybridized carbons (Fsp3) is 0.143. The Morgan fingerprint density at radius 1 is 1.05 bits per heavy atom. The first-order valence-corrected chi connectivity index (χ1v) is 7.55. The van der Waals surface area contributed by atoms with E-state index in [-0.39, 0.29) is 11.5 Å². The van der Waals surface area contributed by atoms with Crippen LogP contribution in [0.2, 0.25) is 0 Å². The average molecular weight is 292 g/mol. The van der Waals surface area contributed by atoms with Gasteiger partial charge >= 0.3 is 0 Å². The Labute approximate surface area is 118 Å². The SMILES string of the molecule is Nc1ccc(S(=O)(=O)N[C@@H](CO)c2ccccc2)cc1. The maximum Gasteiger partial charge on any atom is 0.241 e. The molecule has 2 aromatic rings. The van der Waals surface area contributed by atoms with Crippen LogP contribution in [0.5, 0.6) is 0 Å². The summed E-state index contributed by atoms with van der Waals surface area (Å²) < 4.78 is 26.9. The Balaban J connectivity index is 2.24. The molecule has 0 aliphatic rings. The minimum atomic E-state index is -3.70. The van der Waals surface area contributed by atoms with Gasteiger partial charge in [-0.05, 0) is 29.8 Å². The molecule has 0 aliphatic carbocycles. The van der Waals surface area contributed by atoms with Crippen LogP contribution >= 0.6 is 0 Å². The van der Waals surface area contributed by atoms with Gasteiger partial charge in [0.15, 0.2) is 0 Å². The zero-order valence-electron chi connectivity index (χ0n) is 10.7. The molecule has 0 fully saturated rings. The number of aliphatic hydroxyl groups excluding tert-OH is 1. The number of hydrogen-bond acceptors (Lipinski definition) is 4. The molecule has 1 atom stereocenters. The normalized spacial score (nSPS) is 13.1. The van der Waals surface area contributed by atoms with Gasteiger partial charge in [0.2, 0.25) is 10.0 Å². The number of aliphatic hydroxyl groups is 1. The van der Waals surface area contributed by atoms with E-state index in [0.29, 0.717) is 11.3 Å². The minimum absolute atomic E-state index is 0.112. The van der Waals surface area contributed by atoms with Gasteiger partial charge in [-0.15, -0.1) is 0 Å². The molecule has 0 unspecified atom stereocenters. The summed E-state index contributed by atoms with van der Waals surface area (Å²) in [6, 6.07) is 14.1. The highest BCUT2D eigenvalue weighted by molar-refractivity contribution is 7.89. The number of sulfonamides is 1. The maximum absolute atomic E-state index is 12.2. The summed E-state index contributed by atoms with van der Waals surface area (Å²) in [5.74, 6) is 0. The topological polar surface area (TPSA) is 92.4 Å². The van der Waals surface area contributed by atoms with Crippen molar-refractivity contribution in [1.29, 1.82) is 0 Å².